The summed E-state index contributed by atoms with van der Waals surface area (Å²) >= 11 is 0. The molecule has 2 aliphatic rings. The standard InChI is InChI=1S/C24H28N2O4/c1-16(27)21-17(2)30-24-19-7-4-3-6-18(19)23-20(22(21)24)14-26(15-29-23)9-5-8-25-10-12-28-13-11-25/h3-4,6-7H,5,8-15H2,1-2H3. The van der Waals surface area contributed by atoms with E-state index in [1.807, 2.05) is 25.1 Å². The summed E-state index contributed by atoms with van der Waals surface area (Å²) in [5.74, 6) is 1.61. The highest BCUT2D eigenvalue weighted by atomic mass is 16.5. The van der Waals surface area contributed by atoms with Gasteiger partial charge in [0.25, 0.3) is 0 Å². The van der Waals surface area contributed by atoms with Crippen molar-refractivity contribution >= 4 is 27.5 Å². The van der Waals surface area contributed by atoms with Gasteiger partial charge in [-0.3, -0.25) is 14.6 Å². The first-order chi connectivity index (χ1) is 14.6. The summed E-state index contributed by atoms with van der Waals surface area (Å²) in [7, 11) is 0. The number of hydrogen-bond acceptors (Lipinski definition) is 6. The summed E-state index contributed by atoms with van der Waals surface area (Å²) < 4.78 is 17.8. The topological polar surface area (TPSA) is 55.2 Å². The molecular formula is C24H28N2O4. The van der Waals surface area contributed by atoms with Crippen LogP contribution in [0.2, 0.25) is 0 Å². The molecule has 1 aromatic heterocycles. The van der Waals surface area contributed by atoms with Crippen molar-refractivity contribution in [3.05, 3.63) is 41.2 Å². The van der Waals surface area contributed by atoms with Crippen LogP contribution in [0.15, 0.2) is 28.7 Å². The smallest absolute Gasteiger partial charge is 0.163 e. The van der Waals surface area contributed by atoms with Crippen molar-refractivity contribution in [3.63, 3.8) is 0 Å². The Morgan fingerprint density at radius 1 is 1.07 bits per heavy atom. The number of ether oxygens (including phenoxy) is 2. The second-order valence-corrected chi connectivity index (χ2v) is 8.28. The molecule has 2 aliphatic heterocycles. The first-order valence-electron chi connectivity index (χ1n) is 10.8. The van der Waals surface area contributed by atoms with E-state index in [1.165, 1.54) is 0 Å². The maximum Gasteiger partial charge on any atom is 0.163 e. The average Bonchev–Trinajstić information content (AvgIpc) is 3.12. The second kappa shape index (κ2) is 8.02. The van der Waals surface area contributed by atoms with Gasteiger partial charge in [-0.15, -0.1) is 0 Å². The first-order valence-corrected chi connectivity index (χ1v) is 10.8. The molecule has 1 fully saturated rings. The Kier molecular flexibility index (Phi) is 5.23. The zero-order chi connectivity index (χ0) is 20.7. The van der Waals surface area contributed by atoms with Crippen LogP contribution in [0.25, 0.3) is 21.7 Å². The molecule has 0 radical (unpaired) electrons. The molecule has 6 nitrogen and oxygen atoms in total. The van der Waals surface area contributed by atoms with Gasteiger partial charge in [-0.25, -0.2) is 0 Å². The quantitative estimate of drug-likeness (QED) is 0.596. The molecule has 0 atom stereocenters. The number of rotatable bonds is 5. The van der Waals surface area contributed by atoms with E-state index in [4.69, 9.17) is 13.9 Å². The third kappa shape index (κ3) is 3.39. The Bertz CT molecular complexity index is 1100. The van der Waals surface area contributed by atoms with E-state index < -0.39 is 0 Å². The van der Waals surface area contributed by atoms with Gasteiger partial charge in [-0.2, -0.15) is 0 Å². The molecule has 0 aliphatic carbocycles. The zero-order valence-corrected chi connectivity index (χ0v) is 17.7. The van der Waals surface area contributed by atoms with Gasteiger partial charge in [-0.1, -0.05) is 24.3 Å². The number of ketones is 1. The van der Waals surface area contributed by atoms with E-state index in [0.29, 0.717) is 18.1 Å². The third-order valence-electron chi connectivity index (χ3n) is 6.25. The molecule has 0 saturated carbocycles. The molecule has 0 N–H and O–H groups in total. The Morgan fingerprint density at radius 3 is 2.57 bits per heavy atom. The van der Waals surface area contributed by atoms with E-state index in [9.17, 15) is 4.79 Å². The van der Waals surface area contributed by atoms with Crippen LogP contribution in [-0.4, -0.2) is 61.7 Å². The lowest BCUT2D eigenvalue weighted by Gasteiger charge is -2.32. The van der Waals surface area contributed by atoms with Crippen LogP contribution >= 0.6 is 0 Å². The van der Waals surface area contributed by atoms with Gasteiger partial charge in [0.2, 0.25) is 0 Å². The van der Waals surface area contributed by atoms with Crippen LogP contribution in [0.1, 0.15) is 35.0 Å². The Labute approximate surface area is 176 Å². The molecule has 0 bridgehead atoms. The van der Waals surface area contributed by atoms with E-state index in [-0.39, 0.29) is 5.78 Å². The highest BCUT2D eigenvalue weighted by Crippen LogP contribution is 2.44. The fraction of sp³-hybridized carbons (Fsp3) is 0.458. The largest absolute Gasteiger partial charge is 0.477 e. The monoisotopic (exact) mass is 408 g/mol. The lowest BCUT2D eigenvalue weighted by atomic mass is 9.95. The van der Waals surface area contributed by atoms with Gasteiger partial charge in [0.1, 0.15) is 23.8 Å². The molecule has 0 unspecified atom stereocenters. The normalized spacial score (nSPS) is 17.9. The predicted octanol–water partition coefficient (Wildman–Crippen LogP) is 3.97. The van der Waals surface area contributed by atoms with Crippen LogP contribution in [0, 0.1) is 6.92 Å². The number of furan rings is 1. The van der Waals surface area contributed by atoms with Crippen LogP contribution in [0.5, 0.6) is 5.75 Å². The van der Waals surface area contributed by atoms with Gasteiger partial charge < -0.3 is 13.9 Å². The molecule has 158 valence electrons. The maximum absolute atomic E-state index is 12.5. The van der Waals surface area contributed by atoms with Gasteiger partial charge in [0, 0.05) is 47.9 Å². The van der Waals surface area contributed by atoms with Crippen molar-refractivity contribution in [1.82, 2.24) is 9.80 Å². The van der Waals surface area contributed by atoms with Crippen molar-refractivity contribution in [2.75, 3.05) is 46.1 Å². The van der Waals surface area contributed by atoms with Crippen LogP contribution in [0.3, 0.4) is 0 Å². The Hall–Kier alpha value is -2.41. The minimum atomic E-state index is 0.0353. The molecule has 6 heteroatoms. The van der Waals surface area contributed by atoms with Gasteiger partial charge in [-0.05, 0) is 26.8 Å². The van der Waals surface area contributed by atoms with Crippen molar-refractivity contribution < 1.29 is 18.7 Å². The average molecular weight is 408 g/mol. The summed E-state index contributed by atoms with van der Waals surface area (Å²) in [6, 6.07) is 8.14. The fourth-order valence-corrected chi connectivity index (χ4v) is 4.83. The molecule has 5 rings (SSSR count). The molecule has 2 aromatic carbocycles. The third-order valence-corrected chi connectivity index (χ3v) is 6.25. The van der Waals surface area contributed by atoms with Crippen LogP contribution < -0.4 is 4.74 Å². The van der Waals surface area contributed by atoms with Crippen molar-refractivity contribution in [1.29, 1.82) is 0 Å². The molecule has 0 spiro atoms. The van der Waals surface area contributed by atoms with E-state index >= 15 is 0 Å². The highest BCUT2D eigenvalue weighted by molar-refractivity contribution is 6.17. The van der Waals surface area contributed by atoms with Crippen molar-refractivity contribution in [2.45, 2.75) is 26.8 Å². The summed E-state index contributed by atoms with van der Waals surface area (Å²) in [6.45, 7) is 10.5. The number of aryl methyl sites for hydroxylation is 1. The summed E-state index contributed by atoms with van der Waals surface area (Å²) in [4.78, 5) is 17.2. The van der Waals surface area contributed by atoms with E-state index in [0.717, 1.165) is 85.4 Å². The van der Waals surface area contributed by atoms with Crippen LogP contribution in [0.4, 0.5) is 0 Å². The zero-order valence-electron chi connectivity index (χ0n) is 17.7. The molecular weight excluding hydrogens is 380 g/mol. The maximum atomic E-state index is 12.5. The minimum Gasteiger partial charge on any atom is -0.477 e. The number of benzene rings is 2. The molecule has 3 aromatic rings. The van der Waals surface area contributed by atoms with Gasteiger partial charge in [0.15, 0.2) is 5.78 Å². The SMILES string of the molecule is CC(=O)c1c(C)oc2c1c1c(c3ccccc32)OCN(CCCN2CCOCC2)C1. The summed E-state index contributed by atoms with van der Waals surface area (Å²) in [6.07, 6.45) is 1.08. The number of hydrogen-bond donors (Lipinski definition) is 0. The molecule has 1 saturated heterocycles. The number of fused-ring (bicyclic) bond motifs is 6. The second-order valence-electron chi connectivity index (χ2n) is 8.28. The number of morpholine rings is 1. The first kappa shape index (κ1) is 19.5. The van der Waals surface area contributed by atoms with Gasteiger partial charge >= 0.3 is 0 Å². The summed E-state index contributed by atoms with van der Waals surface area (Å²) in [5, 5.41) is 2.98. The van der Waals surface area contributed by atoms with E-state index in [1.54, 1.807) is 6.92 Å². The molecule has 30 heavy (non-hydrogen) atoms. The van der Waals surface area contributed by atoms with Gasteiger partial charge in [0.05, 0.1) is 18.8 Å². The Balaban J connectivity index is 1.48. The minimum absolute atomic E-state index is 0.0353. The highest BCUT2D eigenvalue weighted by Gasteiger charge is 2.28. The predicted molar refractivity (Wildman–Crippen MR) is 116 cm³/mol. The number of Topliss-reactive ketones (excluding diaryl/α,β-unsaturated/α-hetero) is 1. The number of carbonyl (C=O) groups is 1. The molecule has 0 amide bonds. The van der Waals surface area contributed by atoms with Crippen molar-refractivity contribution in [3.8, 4) is 5.75 Å². The Morgan fingerprint density at radius 2 is 1.80 bits per heavy atom. The van der Waals surface area contributed by atoms with E-state index in [2.05, 4.69) is 15.9 Å². The fourth-order valence-electron chi connectivity index (χ4n) is 4.83. The lowest BCUT2D eigenvalue weighted by molar-refractivity contribution is 0.0331. The summed E-state index contributed by atoms with van der Waals surface area (Å²) in [5.41, 5.74) is 2.56. The lowest BCUT2D eigenvalue weighted by Crippen LogP contribution is -2.39. The number of nitrogens with zero attached hydrogens (tertiary/aromatic N) is 2. The molecule has 3 heterocycles. The van der Waals surface area contributed by atoms with Crippen molar-refractivity contribution in [2.24, 2.45) is 0 Å². The van der Waals surface area contributed by atoms with Crippen LogP contribution in [-0.2, 0) is 11.3 Å². The number of carbonyl (C=O) groups excluding carboxylic acids is 1.